The van der Waals surface area contributed by atoms with Crippen molar-refractivity contribution < 1.29 is 9.53 Å². The van der Waals surface area contributed by atoms with Crippen LogP contribution in [0.5, 0.6) is 5.75 Å². The lowest BCUT2D eigenvalue weighted by Crippen LogP contribution is -2.39. The van der Waals surface area contributed by atoms with E-state index in [1.165, 1.54) is 12.8 Å². The number of amides is 1. The molecule has 1 unspecified atom stereocenters. The zero-order chi connectivity index (χ0) is 20.2. The Morgan fingerprint density at radius 3 is 2.55 bits per heavy atom. The average Bonchev–Trinajstić information content (AvgIpc) is 2.74. The molecule has 1 atom stereocenters. The molecule has 0 radical (unpaired) electrons. The summed E-state index contributed by atoms with van der Waals surface area (Å²) < 4.78 is 6.05. The van der Waals surface area contributed by atoms with Gasteiger partial charge < -0.3 is 20.3 Å². The lowest BCUT2D eigenvalue weighted by Gasteiger charge is -2.34. The van der Waals surface area contributed by atoms with Crippen LogP contribution in [0.1, 0.15) is 43.1 Å². The van der Waals surface area contributed by atoms with Crippen LogP contribution >= 0.6 is 0 Å². The van der Waals surface area contributed by atoms with Gasteiger partial charge in [0.05, 0.1) is 0 Å². The first-order valence-corrected chi connectivity index (χ1v) is 10.3. The van der Waals surface area contributed by atoms with Gasteiger partial charge in [-0.15, -0.1) is 0 Å². The molecule has 8 heteroatoms. The van der Waals surface area contributed by atoms with Gasteiger partial charge in [0.15, 0.2) is 0 Å². The molecule has 29 heavy (non-hydrogen) atoms. The highest BCUT2D eigenvalue weighted by Gasteiger charge is 2.23. The molecule has 0 aliphatic carbocycles. The fourth-order valence-electron chi connectivity index (χ4n) is 4.09. The molecule has 154 valence electrons. The van der Waals surface area contributed by atoms with Crippen LogP contribution in [0.25, 0.3) is 0 Å². The fraction of sp³-hybridized carbons (Fsp3) is 0.524. The molecule has 8 nitrogen and oxygen atoms in total. The van der Waals surface area contributed by atoms with E-state index in [0.29, 0.717) is 11.7 Å². The summed E-state index contributed by atoms with van der Waals surface area (Å²) in [5.41, 5.74) is 5.52. The summed E-state index contributed by atoms with van der Waals surface area (Å²) in [5, 5.41) is 0. The molecule has 2 saturated heterocycles. The van der Waals surface area contributed by atoms with Gasteiger partial charge in [0.2, 0.25) is 0 Å². The predicted molar refractivity (Wildman–Crippen MR) is 111 cm³/mol. The van der Waals surface area contributed by atoms with Crippen molar-refractivity contribution in [2.24, 2.45) is 11.7 Å². The highest BCUT2D eigenvalue weighted by molar-refractivity contribution is 5.91. The summed E-state index contributed by atoms with van der Waals surface area (Å²) in [6.07, 6.45) is 7.60. The van der Waals surface area contributed by atoms with Gasteiger partial charge in [0, 0.05) is 57.4 Å². The summed E-state index contributed by atoms with van der Waals surface area (Å²) in [4.78, 5) is 28.9. The van der Waals surface area contributed by atoms with E-state index in [1.807, 2.05) is 0 Å². The van der Waals surface area contributed by atoms with E-state index in [0.717, 1.165) is 50.7 Å². The highest BCUT2D eigenvalue weighted by atomic mass is 16.5. The molecule has 0 spiro atoms. The monoisotopic (exact) mass is 396 g/mol. The number of hydrogen-bond donors (Lipinski definition) is 1. The fourth-order valence-corrected chi connectivity index (χ4v) is 4.09. The third-order valence-corrected chi connectivity index (χ3v) is 5.67. The maximum atomic E-state index is 11.3. The van der Waals surface area contributed by atoms with Crippen LogP contribution in [0.15, 0.2) is 30.7 Å². The maximum absolute atomic E-state index is 11.3. The van der Waals surface area contributed by atoms with E-state index in [2.05, 4.69) is 37.7 Å². The number of hydrogen-bond acceptors (Lipinski definition) is 7. The van der Waals surface area contributed by atoms with Crippen LogP contribution in [0.4, 0.5) is 11.6 Å². The lowest BCUT2D eigenvalue weighted by atomic mass is 10.0. The van der Waals surface area contributed by atoms with Crippen molar-refractivity contribution in [3.63, 3.8) is 0 Å². The number of rotatable bonds is 5. The van der Waals surface area contributed by atoms with E-state index < -0.39 is 5.91 Å². The predicted octanol–water partition coefficient (Wildman–Crippen LogP) is 2.25. The van der Waals surface area contributed by atoms with Gasteiger partial charge >= 0.3 is 0 Å². The second-order valence-corrected chi connectivity index (χ2v) is 7.97. The minimum atomic E-state index is -0.548. The molecule has 4 heterocycles. The number of carbonyl (C=O) groups is 1. The van der Waals surface area contributed by atoms with E-state index in [9.17, 15) is 4.79 Å². The summed E-state index contributed by atoms with van der Waals surface area (Å²) in [6, 6.07) is 5.47. The molecule has 2 aliphatic heterocycles. The van der Waals surface area contributed by atoms with Crippen LogP contribution in [0, 0.1) is 5.92 Å². The molecular weight excluding hydrogens is 368 g/mol. The summed E-state index contributed by atoms with van der Waals surface area (Å²) >= 11 is 0. The molecule has 2 fully saturated rings. The molecule has 4 rings (SSSR count). The standard InChI is InChI=1S/C21H28N6O2/c1-15-3-2-8-27(13-15)20-12-19(24-14-25-20)26-9-5-16(6-10-26)29-17-4-7-23-18(11-17)21(22)28/h4,7,11-12,14-16H,2-3,5-6,8-10,13H2,1H3,(H2,22,28). The molecule has 0 aromatic carbocycles. The number of aromatic nitrogens is 3. The smallest absolute Gasteiger partial charge is 0.267 e. The minimum Gasteiger partial charge on any atom is -0.490 e. The summed E-state index contributed by atoms with van der Waals surface area (Å²) in [6.45, 7) is 6.16. The number of primary amides is 1. The number of pyridine rings is 1. The van der Waals surface area contributed by atoms with E-state index in [-0.39, 0.29) is 11.8 Å². The lowest BCUT2D eigenvalue weighted by molar-refractivity contribution is 0.0994. The molecule has 2 N–H and O–H groups in total. The third kappa shape index (κ3) is 4.75. The van der Waals surface area contributed by atoms with E-state index in [4.69, 9.17) is 10.5 Å². The van der Waals surface area contributed by atoms with Gasteiger partial charge in [-0.25, -0.2) is 9.97 Å². The largest absolute Gasteiger partial charge is 0.490 e. The summed E-state index contributed by atoms with van der Waals surface area (Å²) in [5.74, 6) is 2.80. The first-order chi connectivity index (χ1) is 14.1. The van der Waals surface area contributed by atoms with Gasteiger partial charge in [0.25, 0.3) is 5.91 Å². The number of carbonyl (C=O) groups excluding carboxylic acids is 1. The number of ether oxygens (including phenoxy) is 1. The van der Waals surface area contributed by atoms with E-state index >= 15 is 0 Å². The Bertz CT molecular complexity index is 853. The molecular formula is C21H28N6O2. The Labute approximate surface area is 171 Å². The maximum Gasteiger partial charge on any atom is 0.267 e. The number of piperidine rings is 2. The van der Waals surface area contributed by atoms with Gasteiger partial charge in [-0.1, -0.05) is 6.92 Å². The van der Waals surface area contributed by atoms with Crippen molar-refractivity contribution >= 4 is 17.5 Å². The second kappa shape index (κ2) is 8.63. The summed E-state index contributed by atoms with van der Waals surface area (Å²) in [7, 11) is 0. The Morgan fingerprint density at radius 2 is 1.83 bits per heavy atom. The average molecular weight is 396 g/mol. The molecule has 1 amide bonds. The SMILES string of the molecule is CC1CCCN(c2cc(N3CCC(Oc4ccnc(C(N)=O)c4)CC3)ncn2)C1. The van der Waals surface area contributed by atoms with Crippen molar-refractivity contribution in [3.05, 3.63) is 36.4 Å². The first kappa shape index (κ1) is 19.4. The molecule has 0 bridgehead atoms. The molecule has 2 aromatic heterocycles. The Morgan fingerprint density at radius 1 is 1.07 bits per heavy atom. The minimum absolute atomic E-state index is 0.0960. The zero-order valence-electron chi connectivity index (χ0n) is 16.8. The van der Waals surface area contributed by atoms with Crippen molar-refractivity contribution in [1.29, 1.82) is 0 Å². The Balaban J connectivity index is 1.35. The van der Waals surface area contributed by atoms with Crippen LogP contribution in [0.2, 0.25) is 0 Å². The first-order valence-electron chi connectivity index (χ1n) is 10.3. The molecule has 2 aliphatic rings. The van der Waals surface area contributed by atoms with Gasteiger partial charge in [-0.05, 0) is 24.8 Å². The van der Waals surface area contributed by atoms with Crippen molar-refractivity contribution in [3.8, 4) is 5.75 Å². The van der Waals surface area contributed by atoms with Gasteiger partial charge in [-0.2, -0.15) is 0 Å². The van der Waals surface area contributed by atoms with Crippen LogP contribution in [-0.4, -0.2) is 53.1 Å². The normalized spacial score (nSPS) is 20.5. The molecule has 0 saturated carbocycles. The quantitative estimate of drug-likeness (QED) is 0.828. The number of nitrogens with zero attached hydrogens (tertiary/aromatic N) is 5. The molecule has 2 aromatic rings. The second-order valence-electron chi connectivity index (χ2n) is 7.97. The van der Waals surface area contributed by atoms with Gasteiger partial charge in [-0.3, -0.25) is 9.78 Å². The van der Waals surface area contributed by atoms with Crippen molar-refractivity contribution in [2.45, 2.75) is 38.7 Å². The number of anilines is 2. The van der Waals surface area contributed by atoms with Crippen LogP contribution in [-0.2, 0) is 0 Å². The van der Waals surface area contributed by atoms with Crippen LogP contribution in [0.3, 0.4) is 0 Å². The van der Waals surface area contributed by atoms with Gasteiger partial charge in [0.1, 0.15) is 35.5 Å². The Hall–Kier alpha value is -2.90. The number of nitrogens with two attached hydrogens (primary N) is 1. The van der Waals surface area contributed by atoms with Crippen LogP contribution < -0.4 is 20.3 Å². The van der Waals surface area contributed by atoms with Crippen molar-refractivity contribution in [2.75, 3.05) is 36.0 Å². The topological polar surface area (TPSA) is 97.5 Å². The Kier molecular flexibility index (Phi) is 5.78. The van der Waals surface area contributed by atoms with Crippen molar-refractivity contribution in [1.82, 2.24) is 15.0 Å². The third-order valence-electron chi connectivity index (χ3n) is 5.67. The highest BCUT2D eigenvalue weighted by Crippen LogP contribution is 2.26. The van der Waals surface area contributed by atoms with E-state index in [1.54, 1.807) is 24.7 Å². The zero-order valence-corrected chi connectivity index (χ0v) is 16.8.